The van der Waals surface area contributed by atoms with E-state index in [1.807, 2.05) is 0 Å². The van der Waals surface area contributed by atoms with Gasteiger partial charge in [0.25, 0.3) is 0 Å². The number of hydrogen-bond donors (Lipinski definition) is 0. The summed E-state index contributed by atoms with van der Waals surface area (Å²) < 4.78 is 6.98. The molecule has 2 unspecified atom stereocenters. The van der Waals surface area contributed by atoms with Crippen LogP contribution in [0.15, 0.2) is 0 Å². The largest absolute Gasteiger partial charge is 0.314 e. The van der Waals surface area contributed by atoms with Crippen LogP contribution in [0.4, 0.5) is 0 Å². The summed E-state index contributed by atoms with van der Waals surface area (Å²) in [4.78, 5) is 0. The van der Waals surface area contributed by atoms with Crippen molar-refractivity contribution >= 4 is 0 Å². The minimum absolute atomic E-state index is 0.488. The second-order valence-corrected chi connectivity index (χ2v) is 8.95. The molecule has 150 valence electrons. The van der Waals surface area contributed by atoms with Crippen LogP contribution in [-0.2, 0) is 4.74 Å². The zero-order valence-corrected chi connectivity index (χ0v) is 18.0. The number of likely N-dealkylation sites (N-methyl/N-ethyl adjacent to an activating group) is 1. The van der Waals surface area contributed by atoms with E-state index in [1.54, 1.807) is 0 Å². The highest BCUT2D eigenvalue weighted by molar-refractivity contribution is 4.77. The number of hydrogen-bond acceptors (Lipinski definition) is 1. The highest BCUT2D eigenvalue weighted by Gasteiger charge is 2.50. The molecule has 0 N–H and O–H groups in total. The molecule has 0 amide bonds. The monoisotopic (exact) mass is 354 g/mol. The summed E-state index contributed by atoms with van der Waals surface area (Å²) in [5.74, 6) is 0. The third-order valence-corrected chi connectivity index (χ3v) is 5.89. The molecule has 0 spiro atoms. The number of quaternary nitrogens is 1. The Labute approximate surface area is 159 Å². The Bertz CT molecular complexity index is 302. The van der Waals surface area contributed by atoms with E-state index in [4.69, 9.17) is 4.74 Å². The lowest BCUT2D eigenvalue weighted by molar-refractivity contribution is -0.911. The molecule has 0 aromatic heterocycles. The lowest BCUT2D eigenvalue weighted by Crippen LogP contribution is -2.44. The van der Waals surface area contributed by atoms with Crippen LogP contribution in [0, 0.1) is 0 Å². The van der Waals surface area contributed by atoms with Gasteiger partial charge in [0.1, 0.15) is 6.10 Å². The Morgan fingerprint density at radius 2 is 1.04 bits per heavy atom. The molecule has 1 saturated heterocycles. The lowest BCUT2D eigenvalue weighted by atomic mass is 10.0. The zero-order valence-electron chi connectivity index (χ0n) is 18.0. The lowest BCUT2D eigenvalue weighted by Gasteiger charge is -2.27. The van der Waals surface area contributed by atoms with Gasteiger partial charge in [-0.2, -0.15) is 0 Å². The topological polar surface area (TPSA) is 12.5 Å². The van der Waals surface area contributed by atoms with Crippen LogP contribution in [0.25, 0.3) is 0 Å². The standard InChI is InChI=1S/C23H48NO/c1-5-7-8-9-10-11-12-13-14-15-16-17-18-19-20-22-23(25-22)24(3,4)21-6-2/h22-23H,5-21H2,1-4H3/q+1. The predicted octanol–water partition coefficient (Wildman–Crippen LogP) is 7.07. The summed E-state index contributed by atoms with van der Waals surface area (Å²) in [5, 5.41) is 0. The second-order valence-electron chi connectivity index (χ2n) is 8.95. The molecule has 1 rings (SSSR count). The van der Waals surface area contributed by atoms with Crippen LogP contribution in [0.3, 0.4) is 0 Å². The third kappa shape index (κ3) is 11.3. The first-order valence-corrected chi connectivity index (χ1v) is 11.6. The fourth-order valence-electron chi connectivity index (χ4n) is 4.20. The van der Waals surface area contributed by atoms with E-state index < -0.39 is 0 Å². The van der Waals surface area contributed by atoms with Crippen molar-refractivity contribution < 1.29 is 9.22 Å². The molecule has 1 heterocycles. The third-order valence-electron chi connectivity index (χ3n) is 5.89. The van der Waals surface area contributed by atoms with E-state index in [0.717, 1.165) is 4.48 Å². The van der Waals surface area contributed by atoms with Crippen LogP contribution < -0.4 is 0 Å². The van der Waals surface area contributed by atoms with Gasteiger partial charge in [-0.25, -0.2) is 0 Å². The second kappa shape index (κ2) is 14.0. The molecule has 1 aliphatic heterocycles. The van der Waals surface area contributed by atoms with Gasteiger partial charge in [0, 0.05) is 0 Å². The molecule has 0 aromatic carbocycles. The molecule has 2 heteroatoms. The molecular weight excluding hydrogens is 306 g/mol. The highest BCUT2D eigenvalue weighted by atomic mass is 16.6. The quantitative estimate of drug-likeness (QED) is 0.146. The van der Waals surface area contributed by atoms with Crippen molar-refractivity contribution in [3.05, 3.63) is 0 Å². The normalized spacial score (nSPS) is 20.2. The van der Waals surface area contributed by atoms with E-state index >= 15 is 0 Å². The average molecular weight is 355 g/mol. The first kappa shape index (κ1) is 23.0. The first-order chi connectivity index (χ1) is 12.1. The summed E-state index contributed by atoms with van der Waals surface area (Å²) in [6.07, 6.45) is 23.8. The van der Waals surface area contributed by atoms with Crippen LogP contribution in [0.2, 0.25) is 0 Å². The summed E-state index contributed by atoms with van der Waals surface area (Å²) in [6.45, 7) is 5.80. The van der Waals surface area contributed by atoms with Crippen molar-refractivity contribution in [2.24, 2.45) is 0 Å². The van der Waals surface area contributed by atoms with Gasteiger partial charge in [0.15, 0.2) is 0 Å². The van der Waals surface area contributed by atoms with Crippen LogP contribution in [0.1, 0.15) is 117 Å². The number of unbranched alkanes of at least 4 members (excludes halogenated alkanes) is 13. The van der Waals surface area contributed by atoms with Gasteiger partial charge < -0.3 is 9.22 Å². The minimum Gasteiger partial charge on any atom is -0.314 e. The summed E-state index contributed by atoms with van der Waals surface area (Å²) in [7, 11) is 4.64. The Hall–Kier alpha value is -0.0800. The van der Waals surface area contributed by atoms with E-state index in [2.05, 4.69) is 27.9 Å². The Kier molecular flexibility index (Phi) is 12.9. The van der Waals surface area contributed by atoms with Gasteiger partial charge in [-0.1, -0.05) is 104 Å². The van der Waals surface area contributed by atoms with Crippen molar-refractivity contribution in [3.63, 3.8) is 0 Å². The first-order valence-electron chi connectivity index (χ1n) is 11.6. The molecule has 1 aliphatic rings. The van der Waals surface area contributed by atoms with Gasteiger partial charge in [0.05, 0.1) is 20.6 Å². The van der Waals surface area contributed by atoms with Gasteiger partial charge in [-0.3, -0.25) is 0 Å². The molecule has 2 nitrogen and oxygen atoms in total. The van der Waals surface area contributed by atoms with E-state index in [9.17, 15) is 0 Å². The number of ether oxygens (including phenoxy) is 1. The number of epoxide rings is 1. The SMILES string of the molecule is CCCCCCCCCCCCCCCCC1OC1[N+](C)(C)CCC. The van der Waals surface area contributed by atoms with Crippen LogP contribution in [-0.4, -0.2) is 37.5 Å². The molecule has 0 aliphatic carbocycles. The van der Waals surface area contributed by atoms with Gasteiger partial charge in [-0.05, 0) is 12.8 Å². The maximum absolute atomic E-state index is 5.92. The fraction of sp³-hybridized carbons (Fsp3) is 1.00. The van der Waals surface area contributed by atoms with Gasteiger partial charge in [-0.15, -0.1) is 0 Å². The molecule has 0 aromatic rings. The smallest absolute Gasteiger partial charge is 0.220 e. The minimum atomic E-state index is 0.488. The average Bonchev–Trinajstić information content (AvgIpc) is 3.36. The maximum Gasteiger partial charge on any atom is 0.220 e. The Morgan fingerprint density at radius 1 is 0.600 bits per heavy atom. The van der Waals surface area contributed by atoms with Crippen molar-refractivity contribution in [1.29, 1.82) is 0 Å². The highest BCUT2D eigenvalue weighted by Crippen LogP contribution is 2.33. The summed E-state index contributed by atoms with van der Waals surface area (Å²) in [5.41, 5.74) is 0. The van der Waals surface area contributed by atoms with Crippen molar-refractivity contribution in [3.8, 4) is 0 Å². The maximum atomic E-state index is 5.92. The van der Waals surface area contributed by atoms with Crippen molar-refractivity contribution in [2.75, 3.05) is 20.6 Å². The van der Waals surface area contributed by atoms with E-state index in [1.165, 1.54) is 109 Å². The Morgan fingerprint density at radius 3 is 1.48 bits per heavy atom. The molecule has 2 atom stereocenters. The van der Waals surface area contributed by atoms with E-state index in [0.29, 0.717) is 12.3 Å². The molecule has 1 fully saturated rings. The zero-order chi connectivity index (χ0) is 18.4. The van der Waals surface area contributed by atoms with Gasteiger partial charge in [0.2, 0.25) is 6.23 Å². The van der Waals surface area contributed by atoms with Crippen molar-refractivity contribution in [2.45, 2.75) is 129 Å². The molecule has 0 saturated carbocycles. The van der Waals surface area contributed by atoms with Crippen LogP contribution >= 0.6 is 0 Å². The van der Waals surface area contributed by atoms with Crippen LogP contribution in [0.5, 0.6) is 0 Å². The molecule has 0 radical (unpaired) electrons. The summed E-state index contributed by atoms with van der Waals surface area (Å²) in [6, 6.07) is 0. The molecular formula is C23H48NO+. The predicted molar refractivity (Wildman–Crippen MR) is 111 cm³/mol. The fourth-order valence-corrected chi connectivity index (χ4v) is 4.20. The molecule has 0 bridgehead atoms. The Balaban J connectivity index is 1.77. The van der Waals surface area contributed by atoms with E-state index in [-0.39, 0.29) is 0 Å². The van der Waals surface area contributed by atoms with Crippen molar-refractivity contribution in [1.82, 2.24) is 0 Å². The molecule has 25 heavy (non-hydrogen) atoms. The summed E-state index contributed by atoms with van der Waals surface area (Å²) >= 11 is 0. The number of rotatable bonds is 18. The number of nitrogens with zero attached hydrogens (tertiary/aromatic N) is 1. The van der Waals surface area contributed by atoms with Gasteiger partial charge >= 0.3 is 0 Å².